The van der Waals surface area contributed by atoms with Gasteiger partial charge in [-0.15, -0.1) is 6.42 Å². The van der Waals surface area contributed by atoms with E-state index in [4.69, 9.17) is 15.9 Å². The van der Waals surface area contributed by atoms with Crippen LogP contribution in [0, 0.1) is 18.3 Å². The highest BCUT2D eigenvalue weighted by Gasteiger charge is 2.50. The van der Waals surface area contributed by atoms with Crippen molar-refractivity contribution in [3.63, 3.8) is 0 Å². The lowest BCUT2D eigenvalue weighted by Crippen LogP contribution is -2.51. The molecule has 0 unspecified atom stereocenters. The van der Waals surface area contributed by atoms with Crippen LogP contribution in [-0.2, 0) is 14.3 Å². The molecule has 7 nitrogen and oxygen atoms in total. The van der Waals surface area contributed by atoms with E-state index in [1.165, 1.54) is 0 Å². The maximum Gasteiger partial charge on any atom is 0.410 e. The van der Waals surface area contributed by atoms with Crippen LogP contribution < -0.4 is 0 Å². The number of hydrogen-bond acceptors (Lipinski definition) is 6. The summed E-state index contributed by atoms with van der Waals surface area (Å²) in [6.07, 6.45) is 3.45. The van der Waals surface area contributed by atoms with E-state index in [1.54, 1.807) is 6.92 Å². The Balaban J connectivity index is 2.99. The number of nitrogens with zero attached hydrogens (tertiary/aromatic N) is 1. The minimum Gasteiger partial charge on any atom is -0.464 e. The van der Waals surface area contributed by atoms with Crippen molar-refractivity contribution in [1.82, 2.24) is 4.90 Å². The smallest absolute Gasteiger partial charge is 0.410 e. The predicted molar refractivity (Wildman–Crippen MR) is 95.6 cm³/mol. The minimum atomic E-state index is -1.39. The second kappa shape index (κ2) is 9.22. The van der Waals surface area contributed by atoms with E-state index in [0.29, 0.717) is 0 Å². The molecule has 0 aliphatic carbocycles. The molecule has 4 atom stereocenters. The molecule has 0 radical (unpaired) electrons. The number of likely N-dealkylation sites (tertiary alicyclic amines) is 1. The molecule has 1 heterocycles. The van der Waals surface area contributed by atoms with Gasteiger partial charge in [-0.25, -0.2) is 9.59 Å². The van der Waals surface area contributed by atoms with Crippen LogP contribution in [0.2, 0.25) is 25.7 Å². The van der Waals surface area contributed by atoms with Crippen LogP contribution in [0.1, 0.15) is 13.3 Å². The van der Waals surface area contributed by atoms with E-state index in [2.05, 4.69) is 25.6 Å². The van der Waals surface area contributed by atoms with Gasteiger partial charge >= 0.3 is 12.1 Å². The SMILES string of the molecule is C#C[C@H](O)[C@@H]1[C@H](CO)C[C@H](C(=O)OCC)N1C(=O)OCC[Si](C)(C)C. The molecule has 25 heavy (non-hydrogen) atoms. The lowest BCUT2D eigenvalue weighted by atomic mass is 9.96. The first-order chi connectivity index (χ1) is 11.7. The molecule has 0 bridgehead atoms. The van der Waals surface area contributed by atoms with Crippen LogP contribution in [-0.4, -0.2) is 73.3 Å². The zero-order valence-electron chi connectivity index (χ0n) is 15.4. The predicted octanol–water partition coefficient (Wildman–Crippen LogP) is 1.07. The zero-order chi connectivity index (χ0) is 19.2. The third-order valence-corrected chi connectivity index (χ3v) is 5.95. The van der Waals surface area contributed by atoms with Gasteiger partial charge in [-0.05, 0) is 19.4 Å². The molecule has 8 heteroatoms. The number of ether oxygens (including phenoxy) is 2. The number of hydrogen-bond donors (Lipinski definition) is 2. The monoisotopic (exact) mass is 371 g/mol. The van der Waals surface area contributed by atoms with Crippen molar-refractivity contribution < 1.29 is 29.3 Å². The van der Waals surface area contributed by atoms with Crippen molar-refractivity contribution in [1.29, 1.82) is 0 Å². The molecule has 0 aromatic carbocycles. The summed E-state index contributed by atoms with van der Waals surface area (Å²) in [7, 11) is -1.39. The maximum absolute atomic E-state index is 12.6. The normalized spacial score (nSPS) is 24.5. The van der Waals surface area contributed by atoms with Crippen LogP contribution in [0.25, 0.3) is 0 Å². The number of rotatable bonds is 7. The van der Waals surface area contributed by atoms with Crippen LogP contribution in [0.4, 0.5) is 4.79 Å². The first-order valence-electron chi connectivity index (χ1n) is 8.53. The maximum atomic E-state index is 12.6. The number of carbonyl (C=O) groups excluding carboxylic acids is 2. The van der Waals surface area contributed by atoms with Crippen molar-refractivity contribution in [3.05, 3.63) is 0 Å². The second-order valence-electron chi connectivity index (χ2n) is 7.38. The molecular weight excluding hydrogens is 342 g/mol. The van der Waals surface area contributed by atoms with Crippen LogP contribution in [0.3, 0.4) is 0 Å². The first kappa shape index (κ1) is 21.5. The zero-order valence-corrected chi connectivity index (χ0v) is 16.4. The second-order valence-corrected chi connectivity index (χ2v) is 13.0. The molecule has 0 saturated carbocycles. The molecule has 1 rings (SSSR count). The van der Waals surface area contributed by atoms with Gasteiger partial charge in [0.05, 0.1) is 19.3 Å². The topological polar surface area (TPSA) is 96.3 Å². The molecule has 2 N–H and O–H groups in total. The average molecular weight is 372 g/mol. The summed E-state index contributed by atoms with van der Waals surface area (Å²) in [4.78, 5) is 26.0. The summed E-state index contributed by atoms with van der Waals surface area (Å²) in [6.45, 7) is 8.24. The van der Waals surface area contributed by atoms with Gasteiger partial charge < -0.3 is 19.7 Å². The minimum absolute atomic E-state index is 0.167. The Kier molecular flexibility index (Phi) is 7.92. The molecule has 0 aromatic heterocycles. The van der Waals surface area contributed by atoms with Crippen LogP contribution in [0.5, 0.6) is 0 Å². The largest absolute Gasteiger partial charge is 0.464 e. The van der Waals surface area contributed by atoms with E-state index >= 15 is 0 Å². The molecule has 1 aliphatic rings. The Morgan fingerprint density at radius 1 is 1.36 bits per heavy atom. The summed E-state index contributed by atoms with van der Waals surface area (Å²) < 4.78 is 10.4. The molecule has 1 aliphatic heterocycles. The van der Waals surface area contributed by atoms with Gasteiger partial charge in [0.25, 0.3) is 0 Å². The number of esters is 1. The summed E-state index contributed by atoms with van der Waals surface area (Å²) in [5, 5.41) is 19.7. The Labute approximate surface area is 150 Å². The summed E-state index contributed by atoms with van der Waals surface area (Å²) >= 11 is 0. The van der Waals surface area contributed by atoms with E-state index in [9.17, 15) is 19.8 Å². The quantitative estimate of drug-likeness (QED) is 0.395. The standard InChI is InChI=1S/C17H29NO6Si/c1-6-14(20)15-12(11-19)10-13(16(21)23-7-2)18(15)17(22)24-8-9-25(3,4)5/h1,12-15,19-20H,7-11H2,2-5H3/t12-,13+,14-,15-/m0/s1. The van der Waals surface area contributed by atoms with Gasteiger partial charge in [0.2, 0.25) is 0 Å². The Hall–Kier alpha value is -1.56. The van der Waals surface area contributed by atoms with Crippen molar-refractivity contribution in [2.75, 3.05) is 19.8 Å². The number of aliphatic hydroxyl groups excluding tert-OH is 2. The van der Waals surface area contributed by atoms with Gasteiger partial charge in [0.15, 0.2) is 0 Å². The molecular formula is C17H29NO6Si. The Morgan fingerprint density at radius 3 is 2.48 bits per heavy atom. The molecule has 142 valence electrons. The van der Waals surface area contributed by atoms with Gasteiger partial charge in [-0.2, -0.15) is 0 Å². The Bertz CT molecular complexity index is 512. The lowest BCUT2D eigenvalue weighted by Gasteiger charge is -2.31. The third kappa shape index (κ3) is 5.73. The van der Waals surface area contributed by atoms with Crippen molar-refractivity contribution >= 4 is 20.1 Å². The highest BCUT2D eigenvalue weighted by Crippen LogP contribution is 2.33. The fourth-order valence-electron chi connectivity index (χ4n) is 2.88. The fraction of sp³-hybridized carbons (Fsp3) is 0.765. The summed E-state index contributed by atoms with van der Waals surface area (Å²) in [5.41, 5.74) is 0. The summed E-state index contributed by atoms with van der Waals surface area (Å²) in [6, 6.07) is -1.03. The number of amides is 1. The van der Waals surface area contributed by atoms with Gasteiger partial charge in [0.1, 0.15) is 12.1 Å². The van der Waals surface area contributed by atoms with E-state index in [0.717, 1.165) is 10.9 Å². The van der Waals surface area contributed by atoms with E-state index in [1.807, 2.05) is 0 Å². The molecule has 1 amide bonds. The highest BCUT2D eigenvalue weighted by molar-refractivity contribution is 6.76. The fourth-order valence-corrected chi connectivity index (χ4v) is 3.60. The number of carbonyl (C=O) groups is 2. The Morgan fingerprint density at radius 2 is 2.00 bits per heavy atom. The van der Waals surface area contributed by atoms with E-state index < -0.39 is 44.2 Å². The average Bonchev–Trinajstić information content (AvgIpc) is 2.92. The lowest BCUT2D eigenvalue weighted by molar-refractivity contribution is -0.148. The highest BCUT2D eigenvalue weighted by atomic mass is 28.3. The van der Waals surface area contributed by atoms with Gasteiger partial charge in [-0.1, -0.05) is 25.6 Å². The molecule has 1 saturated heterocycles. The van der Waals surface area contributed by atoms with Crippen LogP contribution in [0.15, 0.2) is 0 Å². The van der Waals surface area contributed by atoms with Crippen LogP contribution >= 0.6 is 0 Å². The summed E-state index contributed by atoms with van der Waals surface area (Å²) in [5.74, 6) is 1.07. The third-order valence-electron chi connectivity index (χ3n) is 4.24. The van der Waals surface area contributed by atoms with Gasteiger partial charge in [-0.3, -0.25) is 4.90 Å². The van der Waals surface area contributed by atoms with E-state index in [-0.39, 0.29) is 26.2 Å². The van der Waals surface area contributed by atoms with Crippen molar-refractivity contribution in [3.8, 4) is 12.3 Å². The number of aliphatic hydroxyl groups is 2. The molecule has 0 spiro atoms. The first-order valence-corrected chi connectivity index (χ1v) is 12.2. The molecule has 0 aromatic rings. The van der Waals surface area contributed by atoms with Gasteiger partial charge in [0, 0.05) is 20.6 Å². The number of terminal acetylenes is 1. The molecule has 1 fully saturated rings. The van der Waals surface area contributed by atoms with Crippen molar-refractivity contribution in [2.45, 2.75) is 57.2 Å². The van der Waals surface area contributed by atoms with Crippen molar-refractivity contribution in [2.24, 2.45) is 5.92 Å².